The van der Waals surface area contributed by atoms with Gasteiger partial charge in [-0.15, -0.1) is 0 Å². The largest absolute Gasteiger partial charge is 0.480 e. The van der Waals surface area contributed by atoms with Crippen LogP contribution in [0.3, 0.4) is 0 Å². The van der Waals surface area contributed by atoms with Gasteiger partial charge in [0.15, 0.2) is 0 Å². The van der Waals surface area contributed by atoms with E-state index in [1.54, 1.807) is 24.3 Å². The van der Waals surface area contributed by atoms with Crippen LogP contribution < -0.4 is 0 Å². The van der Waals surface area contributed by atoms with Gasteiger partial charge >= 0.3 is 18.1 Å². The van der Waals surface area contributed by atoms with Crippen molar-refractivity contribution < 1.29 is 45.8 Å². The molecule has 1 amide bonds. The van der Waals surface area contributed by atoms with Gasteiger partial charge < -0.3 is 14.7 Å². The first-order valence-corrected chi connectivity index (χ1v) is 18.9. The molecule has 0 spiro atoms. The molecule has 0 radical (unpaired) electrons. The maximum absolute atomic E-state index is 14.4. The molecule has 0 aromatic heterocycles. The lowest BCUT2D eigenvalue weighted by molar-refractivity contribution is -0.142. The minimum atomic E-state index is -4.50. The van der Waals surface area contributed by atoms with E-state index in [2.05, 4.69) is 0 Å². The van der Waals surface area contributed by atoms with Gasteiger partial charge in [0.2, 0.25) is 10.0 Å². The van der Waals surface area contributed by atoms with Crippen molar-refractivity contribution in [3.63, 3.8) is 0 Å². The van der Waals surface area contributed by atoms with Gasteiger partial charge in [0.25, 0.3) is 5.91 Å². The van der Waals surface area contributed by atoms with Crippen LogP contribution in [-0.2, 0) is 32.2 Å². The molecule has 6 rings (SSSR count). The van der Waals surface area contributed by atoms with Gasteiger partial charge in [-0.05, 0) is 77.1 Å². The minimum Gasteiger partial charge on any atom is -0.480 e. The number of nitrogens with zero attached hydrogens (tertiary/aromatic N) is 2. The second-order valence-electron chi connectivity index (χ2n) is 13.1. The number of rotatable bonds is 12. The second-order valence-corrected chi connectivity index (χ2v) is 15.0. The van der Waals surface area contributed by atoms with Crippen LogP contribution in [0.25, 0.3) is 22.3 Å². The smallest absolute Gasteiger partial charge is 0.416 e. The summed E-state index contributed by atoms with van der Waals surface area (Å²) in [6.45, 7) is -0.205. The average molecular weight is 771 g/mol. The highest BCUT2D eigenvalue weighted by atomic mass is 32.2. The summed E-state index contributed by atoms with van der Waals surface area (Å²) < 4.78 is 73.7. The second kappa shape index (κ2) is 16.3. The first-order chi connectivity index (χ1) is 26.3. The summed E-state index contributed by atoms with van der Waals surface area (Å²) in [5.41, 5.74) is 2.67. The van der Waals surface area contributed by atoms with E-state index in [1.807, 2.05) is 42.5 Å². The Labute approximate surface area is 316 Å². The third kappa shape index (κ3) is 8.63. The van der Waals surface area contributed by atoms with Crippen molar-refractivity contribution >= 4 is 27.9 Å². The molecule has 1 N–H and O–H groups in total. The van der Waals surface area contributed by atoms with E-state index < -0.39 is 51.7 Å². The van der Waals surface area contributed by atoms with Crippen molar-refractivity contribution in [1.82, 2.24) is 9.21 Å². The molecule has 1 heterocycles. The van der Waals surface area contributed by atoms with Crippen LogP contribution >= 0.6 is 0 Å². The van der Waals surface area contributed by atoms with Crippen LogP contribution in [0.2, 0.25) is 0 Å². The van der Waals surface area contributed by atoms with E-state index in [9.17, 15) is 41.1 Å². The monoisotopic (exact) mass is 770 g/mol. The Morgan fingerprint density at radius 2 is 1.35 bits per heavy atom. The Morgan fingerprint density at radius 1 is 0.800 bits per heavy atom. The average Bonchev–Trinajstić information content (AvgIpc) is 3.68. The van der Waals surface area contributed by atoms with Gasteiger partial charge in [-0.25, -0.2) is 18.0 Å². The number of amides is 1. The molecular formula is C42H37F3N2O7S. The molecule has 1 unspecified atom stereocenters. The SMILES string of the molecule is COC(=O)c1ccccc1S(=O)(=O)N1CCC[C@@H]1CN(C(=O)c1ccc(-c2ccc(C(F)(F)F)cc2)cc1)C(Cc1ccc(-c2ccccc2)cc1)C(=O)O. The number of esters is 1. The van der Waals surface area contributed by atoms with Gasteiger partial charge in [-0.2, -0.15) is 17.5 Å². The Kier molecular flexibility index (Phi) is 11.5. The van der Waals surface area contributed by atoms with Crippen LogP contribution in [0.1, 0.15) is 44.7 Å². The molecule has 13 heteroatoms. The van der Waals surface area contributed by atoms with Gasteiger partial charge in [-0.3, -0.25) is 4.79 Å². The number of benzene rings is 5. The Morgan fingerprint density at radius 3 is 1.93 bits per heavy atom. The molecule has 0 aliphatic carbocycles. The van der Waals surface area contributed by atoms with Crippen molar-refractivity contribution in [2.24, 2.45) is 0 Å². The Bertz CT molecular complexity index is 2260. The molecule has 1 aliphatic rings. The molecule has 0 saturated carbocycles. The van der Waals surface area contributed by atoms with Crippen LogP contribution in [0.5, 0.6) is 0 Å². The van der Waals surface area contributed by atoms with E-state index in [4.69, 9.17) is 4.74 Å². The summed E-state index contributed by atoms with van der Waals surface area (Å²) in [4.78, 5) is 41.0. The van der Waals surface area contributed by atoms with Crippen molar-refractivity contribution in [2.75, 3.05) is 20.2 Å². The molecule has 9 nitrogen and oxygen atoms in total. The summed E-state index contributed by atoms with van der Waals surface area (Å²) in [5, 5.41) is 10.7. The normalized spacial score (nSPS) is 15.3. The van der Waals surface area contributed by atoms with Gasteiger partial charge in [0.05, 0.1) is 23.1 Å². The third-order valence-electron chi connectivity index (χ3n) is 9.70. The lowest BCUT2D eigenvalue weighted by Crippen LogP contribution is -2.52. The number of ether oxygens (including phenoxy) is 1. The number of hydrogen-bond acceptors (Lipinski definition) is 6. The zero-order chi connectivity index (χ0) is 39.3. The number of sulfonamides is 1. The molecule has 5 aromatic carbocycles. The maximum Gasteiger partial charge on any atom is 0.416 e. The van der Waals surface area contributed by atoms with Crippen molar-refractivity contribution in [3.8, 4) is 22.3 Å². The van der Waals surface area contributed by atoms with Crippen LogP contribution in [0.15, 0.2) is 132 Å². The van der Waals surface area contributed by atoms with E-state index in [0.29, 0.717) is 29.5 Å². The molecule has 55 heavy (non-hydrogen) atoms. The van der Waals surface area contributed by atoms with Crippen LogP contribution in [-0.4, -0.2) is 72.9 Å². The zero-order valence-corrected chi connectivity index (χ0v) is 30.5. The lowest BCUT2D eigenvalue weighted by Gasteiger charge is -2.34. The fourth-order valence-electron chi connectivity index (χ4n) is 6.82. The molecule has 0 bridgehead atoms. The Hall–Kier alpha value is -5.79. The predicted octanol–water partition coefficient (Wildman–Crippen LogP) is 7.82. The zero-order valence-electron chi connectivity index (χ0n) is 29.6. The van der Waals surface area contributed by atoms with Crippen molar-refractivity contribution in [2.45, 2.75) is 42.4 Å². The highest BCUT2D eigenvalue weighted by Gasteiger charge is 2.41. The number of carbonyl (C=O) groups is 3. The van der Waals surface area contributed by atoms with E-state index >= 15 is 0 Å². The number of carboxylic acids is 1. The molecule has 2 atom stereocenters. The summed E-state index contributed by atoms with van der Waals surface area (Å²) in [6.07, 6.45) is -3.85. The third-order valence-corrected chi connectivity index (χ3v) is 11.7. The standard InChI is InChI=1S/C42H37F3N2O7S/c1-54-41(51)36-11-5-6-12-38(36)55(52,53)47-25-7-10-35(47)27-46(37(40(49)50)26-28-13-15-30(16-14-28)29-8-3-2-4-9-29)39(48)33-19-17-31(18-20-33)32-21-23-34(24-22-32)42(43,44)45/h2-6,8-9,11-24,35,37H,7,10,25-27H2,1H3,(H,49,50)/t35-,37?/m1/s1. The van der Waals surface area contributed by atoms with Gasteiger partial charge in [0, 0.05) is 31.1 Å². The number of halogens is 3. The van der Waals surface area contributed by atoms with Crippen LogP contribution in [0.4, 0.5) is 13.2 Å². The molecule has 1 fully saturated rings. The van der Waals surface area contributed by atoms with Crippen molar-refractivity contribution in [1.29, 1.82) is 0 Å². The molecular weight excluding hydrogens is 734 g/mol. The fourth-order valence-corrected chi connectivity index (χ4v) is 8.69. The van der Waals surface area contributed by atoms with E-state index in [0.717, 1.165) is 30.4 Å². The highest BCUT2D eigenvalue weighted by molar-refractivity contribution is 7.89. The summed E-state index contributed by atoms with van der Waals surface area (Å²) in [5.74, 6) is -2.81. The number of aliphatic carboxylic acids is 1. The summed E-state index contributed by atoms with van der Waals surface area (Å²) in [7, 11) is -3.17. The first kappa shape index (κ1) is 38.9. The number of methoxy groups -OCH3 is 1. The Balaban J connectivity index is 1.33. The quantitative estimate of drug-likeness (QED) is 0.129. The lowest BCUT2D eigenvalue weighted by atomic mass is 9.98. The fraction of sp³-hybridized carbons (Fsp3) is 0.214. The number of alkyl halides is 3. The number of hydrogen-bond donors (Lipinski definition) is 1. The molecule has 1 saturated heterocycles. The predicted molar refractivity (Wildman–Crippen MR) is 200 cm³/mol. The summed E-state index contributed by atoms with van der Waals surface area (Å²) in [6, 6.07) is 30.9. The first-order valence-electron chi connectivity index (χ1n) is 17.4. The van der Waals surface area contributed by atoms with Gasteiger partial charge in [-0.1, -0.05) is 91.0 Å². The number of carbonyl (C=O) groups excluding carboxylic acids is 2. The summed E-state index contributed by atoms with van der Waals surface area (Å²) >= 11 is 0. The van der Waals surface area contributed by atoms with Gasteiger partial charge in [0.1, 0.15) is 6.04 Å². The highest BCUT2D eigenvalue weighted by Crippen LogP contribution is 2.33. The topological polar surface area (TPSA) is 121 Å². The van der Waals surface area contributed by atoms with E-state index in [-0.39, 0.29) is 35.5 Å². The van der Waals surface area contributed by atoms with E-state index in [1.165, 1.54) is 57.7 Å². The molecule has 1 aliphatic heterocycles. The maximum atomic E-state index is 14.4. The minimum absolute atomic E-state index is 0.0745. The van der Waals surface area contributed by atoms with Crippen LogP contribution in [0, 0.1) is 0 Å². The van der Waals surface area contributed by atoms with Crippen molar-refractivity contribution in [3.05, 3.63) is 150 Å². The number of carboxylic acid groups (broad SMARTS) is 1. The molecule has 5 aromatic rings. The molecule has 284 valence electrons.